The Morgan fingerprint density at radius 3 is 2.50 bits per heavy atom. The molecule has 0 aromatic rings. The van der Waals surface area contributed by atoms with Crippen LogP contribution in [0.5, 0.6) is 0 Å². The highest BCUT2D eigenvalue weighted by atomic mass is 16.5. The lowest BCUT2D eigenvalue weighted by Crippen LogP contribution is -2.38. The fourth-order valence-corrected chi connectivity index (χ4v) is 2.89. The number of ether oxygens (including phenoxy) is 1. The highest BCUT2D eigenvalue weighted by Gasteiger charge is 2.43. The Morgan fingerprint density at radius 1 is 1.29 bits per heavy atom. The molecule has 1 aliphatic heterocycles. The number of hydrogen-bond acceptors (Lipinski definition) is 2. The number of rotatable bonds is 2. The van der Waals surface area contributed by atoms with Gasteiger partial charge < -0.3 is 4.74 Å². The van der Waals surface area contributed by atoms with E-state index in [1.54, 1.807) is 0 Å². The third kappa shape index (κ3) is 1.79. The summed E-state index contributed by atoms with van der Waals surface area (Å²) in [5.41, 5.74) is 0.282. The van der Waals surface area contributed by atoms with Crippen molar-refractivity contribution in [2.75, 3.05) is 13.2 Å². The minimum Gasteiger partial charge on any atom is -0.380 e. The summed E-state index contributed by atoms with van der Waals surface area (Å²) in [6.45, 7) is 3.84. The molecule has 1 atom stereocenters. The van der Waals surface area contributed by atoms with Crippen molar-refractivity contribution in [3.63, 3.8) is 0 Å². The molecule has 0 aromatic heterocycles. The second-order valence-corrected chi connectivity index (χ2v) is 5.39. The summed E-state index contributed by atoms with van der Waals surface area (Å²) in [5, 5.41) is 9.29. The molecule has 0 bridgehead atoms. The van der Waals surface area contributed by atoms with Crippen LogP contribution >= 0.6 is 0 Å². The average Bonchev–Trinajstić information content (AvgIpc) is 2.17. The quantitative estimate of drug-likeness (QED) is 0.675. The van der Waals surface area contributed by atoms with Crippen molar-refractivity contribution < 1.29 is 4.74 Å². The predicted octanol–water partition coefficient (Wildman–Crippen LogP) is 2.89. The van der Waals surface area contributed by atoms with Gasteiger partial charge in [0.1, 0.15) is 0 Å². The molecule has 2 heteroatoms. The van der Waals surface area contributed by atoms with E-state index in [1.807, 2.05) is 0 Å². The minimum absolute atomic E-state index is 0.159. The maximum atomic E-state index is 9.29. The molecule has 0 N–H and O–H groups in total. The summed E-state index contributed by atoms with van der Waals surface area (Å²) in [5.74, 6) is 0. The number of nitrogens with zero attached hydrogens (tertiary/aromatic N) is 1. The molecule has 0 amide bonds. The second-order valence-electron chi connectivity index (χ2n) is 5.39. The summed E-state index contributed by atoms with van der Waals surface area (Å²) >= 11 is 0. The van der Waals surface area contributed by atoms with Gasteiger partial charge in [-0.15, -0.1) is 0 Å². The van der Waals surface area contributed by atoms with Gasteiger partial charge in [-0.3, -0.25) is 0 Å². The van der Waals surface area contributed by atoms with Crippen LogP contribution in [0.25, 0.3) is 0 Å². The van der Waals surface area contributed by atoms with Gasteiger partial charge in [0, 0.05) is 6.61 Å². The number of nitriles is 1. The van der Waals surface area contributed by atoms with Gasteiger partial charge in [0.2, 0.25) is 0 Å². The summed E-state index contributed by atoms with van der Waals surface area (Å²) in [6, 6.07) is 2.52. The summed E-state index contributed by atoms with van der Waals surface area (Å²) in [7, 11) is 0. The zero-order valence-corrected chi connectivity index (χ0v) is 9.01. The maximum Gasteiger partial charge on any atom is 0.0812 e. The van der Waals surface area contributed by atoms with E-state index in [0.717, 1.165) is 25.9 Å². The molecule has 1 unspecified atom stereocenters. The van der Waals surface area contributed by atoms with Crippen LogP contribution in [0.1, 0.15) is 45.4 Å². The van der Waals surface area contributed by atoms with Crippen LogP contribution < -0.4 is 0 Å². The van der Waals surface area contributed by atoms with E-state index in [2.05, 4.69) is 13.0 Å². The van der Waals surface area contributed by atoms with Crippen LogP contribution in [-0.4, -0.2) is 13.2 Å². The maximum absolute atomic E-state index is 9.29. The molecule has 2 nitrogen and oxygen atoms in total. The Morgan fingerprint density at radius 2 is 2.07 bits per heavy atom. The lowest BCUT2D eigenvalue weighted by Gasteiger charge is -2.45. The Balaban J connectivity index is 2.01. The van der Waals surface area contributed by atoms with Gasteiger partial charge in [0.25, 0.3) is 0 Å². The van der Waals surface area contributed by atoms with Crippen molar-refractivity contribution in [1.29, 1.82) is 5.26 Å². The average molecular weight is 193 g/mol. The molecular formula is C12H19NO. The van der Waals surface area contributed by atoms with E-state index < -0.39 is 0 Å². The number of hydrogen-bond donors (Lipinski definition) is 0. The standard InChI is InChI=1S/C12H19NO/c1-11(4-2-5-11)8-12(9-13)6-3-7-14-10-12/h2-8,10H2,1H3. The van der Waals surface area contributed by atoms with Gasteiger partial charge in [0.05, 0.1) is 18.1 Å². The molecule has 0 radical (unpaired) electrons. The van der Waals surface area contributed by atoms with Gasteiger partial charge in [-0.05, 0) is 37.5 Å². The van der Waals surface area contributed by atoms with Crippen molar-refractivity contribution in [1.82, 2.24) is 0 Å². The SMILES string of the molecule is CC1(CC2(C#N)CCCOC2)CCC1. The van der Waals surface area contributed by atoms with Crippen LogP contribution in [0.2, 0.25) is 0 Å². The first-order valence-electron chi connectivity index (χ1n) is 5.67. The van der Waals surface area contributed by atoms with Crippen molar-refractivity contribution in [3.8, 4) is 6.07 Å². The minimum atomic E-state index is -0.159. The predicted molar refractivity (Wildman–Crippen MR) is 54.7 cm³/mol. The van der Waals surface area contributed by atoms with Crippen molar-refractivity contribution in [3.05, 3.63) is 0 Å². The monoisotopic (exact) mass is 193 g/mol. The van der Waals surface area contributed by atoms with E-state index in [1.165, 1.54) is 19.3 Å². The van der Waals surface area contributed by atoms with Crippen molar-refractivity contribution >= 4 is 0 Å². The van der Waals surface area contributed by atoms with E-state index in [4.69, 9.17) is 4.74 Å². The van der Waals surface area contributed by atoms with Gasteiger partial charge in [0.15, 0.2) is 0 Å². The molecule has 1 saturated heterocycles. The molecule has 1 saturated carbocycles. The largest absolute Gasteiger partial charge is 0.380 e. The van der Waals surface area contributed by atoms with Gasteiger partial charge in [-0.25, -0.2) is 0 Å². The Hall–Kier alpha value is -0.550. The molecule has 2 aliphatic rings. The first-order valence-corrected chi connectivity index (χ1v) is 5.67. The lowest BCUT2D eigenvalue weighted by molar-refractivity contribution is -0.0186. The van der Waals surface area contributed by atoms with Gasteiger partial charge in [-0.2, -0.15) is 5.26 Å². The third-order valence-electron chi connectivity index (χ3n) is 3.89. The highest BCUT2D eigenvalue weighted by molar-refractivity contribution is 5.04. The van der Waals surface area contributed by atoms with Crippen LogP contribution in [0.3, 0.4) is 0 Å². The Labute approximate surface area is 86.2 Å². The van der Waals surface area contributed by atoms with Crippen LogP contribution in [0.4, 0.5) is 0 Å². The third-order valence-corrected chi connectivity index (χ3v) is 3.89. The fourth-order valence-electron chi connectivity index (χ4n) is 2.89. The van der Waals surface area contributed by atoms with Gasteiger partial charge in [-0.1, -0.05) is 13.3 Å². The molecule has 0 aromatic carbocycles. The smallest absolute Gasteiger partial charge is 0.0812 e. The molecule has 2 rings (SSSR count). The molecule has 1 aliphatic carbocycles. The molecule has 1 heterocycles. The highest BCUT2D eigenvalue weighted by Crippen LogP contribution is 2.50. The summed E-state index contributed by atoms with van der Waals surface area (Å²) in [4.78, 5) is 0. The molecule has 78 valence electrons. The second kappa shape index (κ2) is 3.55. The topological polar surface area (TPSA) is 33.0 Å². The molecule has 0 spiro atoms. The van der Waals surface area contributed by atoms with E-state index in [0.29, 0.717) is 12.0 Å². The van der Waals surface area contributed by atoms with Crippen LogP contribution in [-0.2, 0) is 4.74 Å². The van der Waals surface area contributed by atoms with Crippen molar-refractivity contribution in [2.24, 2.45) is 10.8 Å². The zero-order valence-electron chi connectivity index (χ0n) is 9.01. The van der Waals surface area contributed by atoms with Crippen molar-refractivity contribution in [2.45, 2.75) is 45.4 Å². The molecular weight excluding hydrogens is 174 g/mol. The zero-order chi connectivity index (χ0) is 10.1. The van der Waals surface area contributed by atoms with E-state index in [-0.39, 0.29) is 5.41 Å². The molecule has 14 heavy (non-hydrogen) atoms. The van der Waals surface area contributed by atoms with E-state index in [9.17, 15) is 5.26 Å². The summed E-state index contributed by atoms with van der Waals surface area (Å²) in [6.07, 6.45) is 7.10. The first-order chi connectivity index (χ1) is 6.68. The Bertz CT molecular complexity index is 244. The molecule has 2 fully saturated rings. The fraction of sp³-hybridized carbons (Fsp3) is 0.917. The van der Waals surface area contributed by atoms with Gasteiger partial charge >= 0.3 is 0 Å². The van der Waals surface area contributed by atoms with Crippen LogP contribution in [0.15, 0.2) is 0 Å². The van der Waals surface area contributed by atoms with Crippen LogP contribution in [0, 0.1) is 22.2 Å². The van der Waals surface area contributed by atoms with E-state index >= 15 is 0 Å². The lowest BCUT2D eigenvalue weighted by atomic mass is 9.61. The summed E-state index contributed by atoms with van der Waals surface area (Å²) < 4.78 is 5.47. The normalized spacial score (nSPS) is 35.7. The first kappa shape index (κ1) is 9.98. The Kier molecular flexibility index (Phi) is 2.53.